The first-order chi connectivity index (χ1) is 8.79. The van der Waals surface area contributed by atoms with Gasteiger partial charge in [0.05, 0.1) is 33.0 Å². The summed E-state index contributed by atoms with van der Waals surface area (Å²) >= 11 is 5.97. The van der Waals surface area contributed by atoms with E-state index in [0.29, 0.717) is 31.4 Å². The summed E-state index contributed by atoms with van der Waals surface area (Å²) in [6, 6.07) is 5.60. The predicted octanol–water partition coefficient (Wildman–Crippen LogP) is 1.85. The van der Waals surface area contributed by atoms with Crippen molar-refractivity contribution in [2.45, 2.75) is 12.6 Å². The van der Waals surface area contributed by atoms with Crippen molar-refractivity contribution < 1.29 is 14.2 Å². The lowest BCUT2D eigenvalue weighted by atomic mass is 10.2. The second-order valence-corrected chi connectivity index (χ2v) is 4.59. The second kappa shape index (κ2) is 6.95. The van der Waals surface area contributed by atoms with Crippen LogP contribution in [0, 0.1) is 0 Å². The minimum Gasteiger partial charge on any atom is -0.496 e. The van der Waals surface area contributed by atoms with Crippen molar-refractivity contribution in [2.24, 2.45) is 0 Å². The summed E-state index contributed by atoms with van der Waals surface area (Å²) in [5.74, 6) is 0.840. The Balaban J connectivity index is 1.83. The molecule has 0 saturated carbocycles. The summed E-state index contributed by atoms with van der Waals surface area (Å²) in [6.07, 6.45) is 0.129. The third-order valence-electron chi connectivity index (χ3n) is 2.81. The minimum absolute atomic E-state index is 0.129. The Morgan fingerprint density at radius 3 is 3.06 bits per heavy atom. The highest BCUT2D eigenvalue weighted by molar-refractivity contribution is 6.30. The molecule has 2 rings (SSSR count). The van der Waals surface area contributed by atoms with Gasteiger partial charge in [0.2, 0.25) is 0 Å². The normalized spacial score (nSPS) is 19.8. The van der Waals surface area contributed by atoms with Crippen LogP contribution in [0.2, 0.25) is 5.02 Å². The van der Waals surface area contributed by atoms with E-state index < -0.39 is 0 Å². The van der Waals surface area contributed by atoms with E-state index in [1.54, 1.807) is 7.11 Å². The van der Waals surface area contributed by atoms with Crippen LogP contribution >= 0.6 is 11.6 Å². The lowest BCUT2D eigenvalue weighted by Gasteiger charge is -2.23. The molecule has 1 unspecified atom stereocenters. The maximum absolute atomic E-state index is 5.97. The average molecular weight is 272 g/mol. The summed E-state index contributed by atoms with van der Waals surface area (Å²) in [5, 5.41) is 4.04. The summed E-state index contributed by atoms with van der Waals surface area (Å²) in [5.41, 5.74) is 1.04. The van der Waals surface area contributed by atoms with Crippen molar-refractivity contribution in [3.63, 3.8) is 0 Å². The standard InChI is InChI=1S/C13H18ClNO3/c1-16-13-3-2-11(14)6-10(13)7-15-8-12-9-17-4-5-18-12/h2-3,6,12,15H,4-5,7-9H2,1H3. The van der Waals surface area contributed by atoms with Crippen molar-refractivity contribution in [1.82, 2.24) is 5.32 Å². The molecule has 5 heteroatoms. The first-order valence-corrected chi connectivity index (χ1v) is 6.40. The largest absolute Gasteiger partial charge is 0.496 e. The van der Waals surface area contributed by atoms with Gasteiger partial charge in [0, 0.05) is 23.7 Å². The fourth-order valence-corrected chi connectivity index (χ4v) is 2.10. The van der Waals surface area contributed by atoms with Gasteiger partial charge in [-0.15, -0.1) is 0 Å². The van der Waals surface area contributed by atoms with E-state index in [-0.39, 0.29) is 6.10 Å². The zero-order valence-corrected chi connectivity index (χ0v) is 11.2. The topological polar surface area (TPSA) is 39.7 Å². The SMILES string of the molecule is COc1ccc(Cl)cc1CNCC1COCCO1. The Morgan fingerprint density at radius 1 is 1.44 bits per heavy atom. The molecule has 1 aromatic carbocycles. The smallest absolute Gasteiger partial charge is 0.123 e. The third-order valence-corrected chi connectivity index (χ3v) is 3.05. The van der Waals surface area contributed by atoms with E-state index in [9.17, 15) is 0 Å². The van der Waals surface area contributed by atoms with Gasteiger partial charge in [0.15, 0.2) is 0 Å². The Bertz CT molecular complexity index is 380. The number of ether oxygens (including phenoxy) is 3. The van der Waals surface area contributed by atoms with Gasteiger partial charge in [0.1, 0.15) is 5.75 Å². The van der Waals surface area contributed by atoms with Gasteiger partial charge in [0.25, 0.3) is 0 Å². The quantitative estimate of drug-likeness (QED) is 0.887. The van der Waals surface area contributed by atoms with Gasteiger partial charge in [-0.1, -0.05) is 11.6 Å². The molecule has 0 bridgehead atoms. The molecule has 100 valence electrons. The molecule has 0 radical (unpaired) electrons. The van der Waals surface area contributed by atoms with Crippen LogP contribution < -0.4 is 10.1 Å². The Kier molecular flexibility index (Phi) is 5.26. The zero-order chi connectivity index (χ0) is 12.8. The molecule has 1 fully saturated rings. The third kappa shape index (κ3) is 3.85. The highest BCUT2D eigenvalue weighted by Gasteiger charge is 2.13. The molecule has 0 amide bonds. The summed E-state index contributed by atoms with van der Waals surface area (Å²) in [4.78, 5) is 0. The van der Waals surface area contributed by atoms with E-state index >= 15 is 0 Å². The Hall–Kier alpha value is -0.810. The zero-order valence-electron chi connectivity index (χ0n) is 10.4. The van der Waals surface area contributed by atoms with Gasteiger partial charge in [-0.3, -0.25) is 0 Å². The molecule has 1 atom stereocenters. The number of halogens is 1. The van der Waals surface area contributed by atoms with Crippen LogP contribution in [0.3, 0.4) is 0 Å². The van der Waals surface area contributed by atoms with E-state index in [1.807, 2.05) is 18.2 Å². The van der Waals surface area contributed by atoms with Crippen molar-refractivity contribution in [3.05, 3.63) is 28.8 Å². The van der Waals surface area contributed by atoms with Gasteiger partial charge < -0.3 is 19.5 Å². The molecule has 18 heavy (non-hydrogen) atoms. The van der Waals surface area contributed by atoms with E-state index in [2.05, 4.69) is 5.32 Å². The van der Waals surface area contributed by atoms with Crippen LogP contribution in [0.4, 0.5) is 0 Å². The van der Waals surface area contributed by atoms with Crippen LogP contribution in [0.15, 0.2) is 18.2 Å². The number of methoxy groups -OCH3 is 1. The molecule has 0 aromatic heterocycles. The Morgan fingerprint density at radius 2 is 2.33 bits per heavy atom. The van der Waals surface area contributed by atoms with Crippen molar-refractivity contribution >= 4 is 11.6 Å². The fraction of sp³-hybridized carbons (Fsp3) is 0.538. The van der Waals surface area contributed by atoms with Crippen molar-refractivity contribution in [2.75, 3.05) is 33.5 Å². The van der Waals surface area contributed by atoms with Crippen LogP contribution in [0.1, 0.15) is 5.56 Å². The molecular formula is C13H18ClNO3. The summed E-state index contributed by atoms with van der Waals surface area (Å²) in [6.45, 7) is 3.48. The van der Waals surface area contributed by atoms with Gasteiger partial charge in [-0.05, 0) is 18.2 Å². The number of rotatable bonds is 5. The molecule has 4 nitrogen and oxygen atoms in total. The fourth-order valence-electron chi connectivity index (χ4n) is 1.91. The molecule has 1 saturated heterocycles. The number of hydrogen-bond donors (Lipinski definition) is 1. The van der Waals surface area contributed by atoms with Crippen LogP contribution in [0.25, 0.3) is 0 Å². The van der Waals surface area contributed by atoms with Gasteiger partial charge in [-0.25, -0.2) is 0 Å². The van der Waals surface area contributed by atoms with Crippen LogP contribution in [0.5, 0.6) is 5.75 Å². The van der Waals surface area contributed by atoms with Crippen LogP contribution in [-0.2, 0) is 16.0 Å². The monoisotopic (exact) mass is 271 g/mol. The lowest BCUT2D eigenvalue weighted by Crippen LogP contribution is -2.37. The summed E-state index contributed by atoms with van der Waals surface area (Å²) in [7, 11) is 1.66. The molecule has 1 N–H and O–H groups in total. The predicted molar refractivity (Wildman–Crippen MR) is 70.3 cm³/mol. The highest BCUT2D eigenvalue weighted by atomic mass is 35.5. The highest BCUT2D eigenvalue weighted by Crippen LogP contribution is 2.22. The minimum atomic E-state index is 0.129. The maximum Gasteiger partial charge on any atom is 0.123 e. The maximum atomic E-state index is 5.97. The number of nitrogens with one attached hydrogen (secondary N) is 1. The molecule has 0 aliphatic carbocycles. The summed E-state index contributed by atoms with van der Waals surface area (Å²) < 4.78 is 16.2. The molecule has 1 heterocycles. The lowest BCUT2D eigenvalue weighted by molar-refractivity contribution is -0.0864. The average Bonchev–Trinajstić information content (AvgIpc) is 2.40. The molecule has 1 aliphatic heterocycles. The number of benzene rings is 1. The first kappa shape index (κ1) is 13.6. The Labute approximate surface area is 112 Å². The van der Waals surface area contributed by atoms with E-state index in [4.69, 9.17) is 25.8 Å². The van der Waals surface area contributed by atoms with E-state index in [0.717, 1.165) is 17.9 Å². The molecule has 1 aliphatic rings. The second-order valence-electron chi connectivity index (χ2n) is 4.15. The van der Waals surface area contributed by atoms with Gasteiger partial charge in [-0.2, -0.15) is 0 Å². The van der Waals surface area contributed by atoms with Crippen molar-refractivity contribution in [3.8, 4) is 5.75 Å². The van der Waals surface area contributed by atoms with E-state index in [1.165, 1.54) is 0 Å². The number of hydrogen-bond acceptors (Lipinski definition) is 4. The molecule has 0 spiro atoms. The first-order valence-electron chi connectivity index (χ1n) is 6.02. The van der Waals surface area contributed by atoms with Gasteiger partial charge >= 0.3 is 0 Å². The molecular weight excluding hydrogens is 254 g/mol. The van der Waals surface area contributed by atoms with Crippen molar-refractivity contribution in [1.29, 1.82) is 0 Å². The van der Waals surface area contributed by atoms with Crippen LogP contribution in [-0.4, -0.2) is 39.6 Å². The molecule has 1 aromatic rings.